The third-order valence-corrected chi connectivity index (χ3v) is 2.77. The molecule has 1 saturated heterocycles. The van der Waals surface area contributed by atoms with Crippen LogP contribution in [0.1, 0.15) is 47.0 Å². The summed E-state index contributed by atoms with van der Waals surface area (Å²) in [6, 6.07) is 0.241. The second kappa shape index (κ2) is 6.24. The minimum Gasteiger partial charge on any atom is -0.444 e. The largest absolute Gasteiger partial charge is 0.444 e. The minimum atomic E-state index is -0.415. The van der Waals surface area contributed by atoms with E-state index in [0.717, 1.165) is 32.5 Å². The fourth-order valence-corrected chi connectivity index (χ4v) is 2.17. The number of nitrogens with zero attached hydrogens (tertiary/aromatic N) is 1. The Morgan fingerprint density at radius 3 is 2.76 bits per heavy atom. The van der Waals surface area contributed by atoms with Crippen LogP contribution in [-0.2, 0) is 4.74 Å². The quantitative estimate of drug-likeness (QED) is 0.826. The van der Waals surface area contributed by atoms with E-state index < -0.39 is 5.60 Å². The van der Waals surface area contributed by atoms with E-state index in [1.807, 2.05) is 20.8 Å². The van der Waals surface area contributed by atoms with E-state index in [0.29, 0.717) is 0 Å². The van der Waals surface area contributed by atoms with Crippen LogP contribution in [-0.4, -0.2) is 42.3 Å². The van der Waals surface area contributed by atoms with Crippen molar-refractivity contribution in [2.45, 2.75) is 58.6 Å². The topological polar surface area (TPSA) is 41.6 Å². The van der Waals surface area contributed by atoms with Crippen LogP contribution in [0.2, 0.25) is 0 Å². The predicted octanol–water partition coefficient (Wildman–Crippen LogP) is 2.39. The number of alkyl carbamates (subject to hydrolysis) is 1. The highest BCUT2D eigenvalue weighted by atomic mass is 16.6. The summed E-state index contributed by atoms with van der Waals surface area (Å²) < 4.78 is 5.27. The molecule has 0 aromatic rings. The van der Waals surface area contributed by atoms with Gasteiger partial charge in [0.25, 0.3) is 0 Å². The molecule has 0 saturated carbocycles. The molecule has 1 atom stereocenters. The molecule has 17 heavy (non-hydrogen) atoms. The van der Waals surface area contributed by atoms with Crippen LogP contribution in [0.3, 0.4) is 0 Å². The highest BCUT2D eigenvalue weighted by Crippen LogP contribution is 2.12. The van der Waals surface area contributed by atoms with Gasteiger partial charge in [-0.05, 0) is 53.1 Å². The molecule has 4 nitrogen and oxygen atoms in total. The summed E-state index contributed by atoms with van der Waals surface area (Å²) in [5.41, 5.74) is -0.415. The first-order valence-electron chi connectivity index (χ1n) is 6.62. The van der Waals surface area contributed by atoms with E-state index >= 15 is 0 Å². The van der Waals surface area contributed by atoms with Crippen molar-refractivity contribution >= 4 is 6.09 Å². The molecule has 1 fully saturated rings. The van der Waals surface area contributed by atoms with Gasteiger partial charge in [-0.1, -0.05) is 6.92 Å². The first-order chi connectivity index (χ1) is 7.90. The van der Waals surface area contributed by atoms with Crippen molar-refractivity contribution < 1.29 is 9.53 Å². The summed E-state index contributed by atoms with van der Waals surface area (Å²) in [6.07, 6.45) is 3.08. The van der Waals surface area contributed by atoms with Crippen LogP contribution >= 0.6 is 0 Å². The second-order valence-electron chi connectivity index (χ2n) is 5.79. The normalized spacial score (nSPS) is 22.2. The first-order valence-corrected chi connectivity index (χ1v) is 6.62. The Morgan fingerprint density at radius 2 is 2.18 bits per heavy atom. The molecule has 0 unspecified atom stereocenters. The van der Waals surface area contributed by atoms with Crippen molar-refractivity contribution in [3.8, 4) is 0 Å². The second-order valence-corrected chi connectivity index (χ2v) is 5.79. The molecule has 100 valence electrons. The molecule has 0 radical (unpaired) electrons. The molecule has 0 aromatic carbocycles. The molecule has 0 bridgehead atoms. The lowest BCUT2D eigenvalue weighted by Gasteiger charge is -2.33. The van der Waals surface area contributed by atoms with Crippen LogP contribution in [0.5, 0.6) is 0 Å². The third-order valence-electron chi connectivity index (χ3n) is 2.77. The zero-order valence-corrected chi connectivity index (χ0v) is 11.6. The molecule has 0 spiro atoms. The summed E-state index contributed by atoms with van der Waals surface area (Å²) in [6.45, 7) is 11.1. The van der Waals surface area contributed by atoms with Crippen molar-refractivity contribution in [2.24, 2.45) is 0 Å². The Morgan fingerprint density at radius 1 is 1.47 bits per heavy atom. The fraction of sp³-hybridized carbons (Fsp3) is 0.923. The SMILES string of the molecule is CCCN1CCC[C@@H](NC(=O)OC(C)(C)C)C1. The lowest BCUT2D eigenvalue weighted by atomic mass is 10.1. The van der Waals surface area contributed by atoms with Gasteiger partial charge in [-0.2, -0.15) is 0 Å². The van der Waals surface area contributed by atoms with Crippen molar-refractivity contribution in [1.29, 1.82) is 0 Å². The maximum absolute atomic E-state index is 11.6. The lowest BCUT2D eigenvalue weighted by molar-refractivity contribution is 0.0472. The van der Waals surface area contributed by atoms with Crippen molar-refractivity contribution in [3.63, 3.8) is 0 Å². The molecular formula is C13H26N2O2. The van der Waals surface area contributed by atoms with Crippen LogP contribution in [0.15, 0.2) is 0 Å². The van der Waals surface area contributed by atoms with Gasteiger partial charge in [-0.25, -0.2) is 4.79 Å². The average Bonchev–Trinajstić information content (AvgIpc) is 2.15. The van der Waals surface area contributed by atoms with Crippen molar-refractivity contribution in [2.75, 3.05) is 19.6 Å². The number of hydrogen-bond donors (Lipinski definition) is 1. The zero-order chi connectivity index (χ0) is 12.9. The number of likely N-dealkylation sites (tertiary alicyclic amines) is 1. The molecular weight excluding hydrogens is 216 g/mol. The van der Waals surface area contributed by atoms with Crippen LogP contribution in [0.25, 0.3) is 0 Å². The number of ether oxygens (including phenoxy) is 1. The van der Waals surface area contributed by atoms with Gasteiger partial charge >= 0.3 is 6.09 Å². The molecule has 4 heteroatoms. The monoisotopic (exact) mass is 242 g/mol. The van der Waals surface area contributed by atoms with Crippen molar-refractivity contribution in [3.05, 3.63) is 0 Å². The molecule has 0 aliphatic carbocycles. The summed E-state index contributed by atoms with van der Waals surface area (Å²) >= 11 is 0. The van der Waals surface area contributed by atoms with E-state index in [9.17, 15) is 4.79 Å². The van der Waals surface area contributed by atoms with E-state index in [2.05, 4.69) is 17.1 Å². The molecule has 0 aromatic heterocycles. The standard InChI is InChI=1S/C13H26N2O2/c1-5-8-15-9-6-7-11(10-15)14-12(16)17-13(2,3)4/h11H,5-10H2,1-4H3,(H,14,16)/t11-/m1/s1. The Balaban J connectivity index is 2.33. The highest BCUT2D eigenvalue weighted by Gasteiger charge is 2.23. The number of carbonyl (C=O) groups excluding carboxylic acids is 1. The summed E-state index contributed by atoms with van der Waals surface area (Å²) in [5, 5.41) is 2.96. The fourth-order valence-electron chi connectivity index (χ4n) is 2.17. The molecule has 1 amide bonds. The maximum atomic E-state index is 11.6. The van der Waals surface area contributed by atoms with E-state index in [-0.39, 0.29) is 12.1 Å². The molecule has 1 rings (SSSR count). The van der Waals surface area contributed by atoms with Gasteiger partial charge in [0.15, 0.2) is 0 Å². The van der Waals surface area contributed by atoms with Crippen LogP contribution in [0.4, 0.5) is 4.79 Å². The van der Waals surface area contributed by atoms with Gasteiger partial charge in [0, 0.05) is 12.6 Å². The number of piperidine rings is 1. The smallest absolute Gasteiger partial charge is 0.407 e. The molecule has 1 heterocycles. The summed E-state index contributed by atoms with van der Waals surface area (Å²) in [7, 11) is 0. The molecule has 1 N–H and O–H groups in total. The first kappa shape index (κ1) is 14.3. The van der Waals surface area contributed by atoms with E-state index in [4.69, 9.17) is 4.74 Å². The van der Waals surface area contributed by atoms with Gasteiger partial charge in [-0.3, -0.25) is 0 Å². The predicted molar refractivity (Wildman–Crippen MR) is 69.1 cm³/mol. The Labute approximate surface area is 105 Å². The molecule has 1 aliphatic rings. The van der Waals surface area contributed by atoms with E-state index in [1.165, 1.54) is 6.42 Å². The number of carbonyl (C=O) groups is 1. The van der Waals surface area contributed by atoms with Crippen LogP contribution in [0, 0.1) is 0 Å². The van der Waals surface area contributed by atoms with Gasteiger partial charge in [0.2, 0.25) is 0 Å². The van der Waals surface area contributed by atoms with E-state index in [1.54, 1.807) is 0 Å². The maximum Gasteiger partial charge on any atom is 0.407 e. The third kappa shape index (κ3) is 5.91. The number of nitrogens with one attached hydrogen (secondary N) is 1. The van der Waals surface area contributed by atoms with Gasteiger partial charge in [-0.15, -0.1) is 0 Å². The summed E-state index contributed by atoms with van der Waals surface area (Å²) in [5.74, 6) is 0. The molecule has 1 aliphatic heterocycles. The van der Waals surface area contributed by atoms with Gasteiger partial charge in [0.1, 0.15) is 5.60 Å². The Bertz CT molecular complexity index is 246. The van der Waals surface area contributed by atoms with Gasteiger partial charge < -0.3 is 15.0 Å². The van der Waals surface area contributed by atoms with Gasteiger partial charge in [0.05, 0.1) is 0 Å². The number of rotatable bonds is 3. The van der Waals surface area contributed by atoms with Crippen molar-refractivity contribution in [1.82, 2.24) is 10.2 Å². The minimum absolute atomic E-state index is 0.241. The zero-order valence-electron chi connectivity index (χ0n) is 11.6. The van der Waals surface area contributed by atoms with Crippen LogP contribution < -0.4 is 5.32 Å². The lowest BCUT2D eigenvalue weighted by Crippen LogP contribution is -2.48. The highest BCUT2D eigenvalue weighted by molar-refractivity contribution is 5.68. The Kier molecular flexibility index (Phi) is 5.25. The Hall–Kier alpha value is -0.770. The summed E-state index contributed by atoms with van der Waals surface area (Å²) in [4.78, 5) is 14.0. The average molecular weight is 242 g/mol. The number of hydrogen-bond acceptors (Lipinski definition) is 3. The number of amides is 1.